The van der Waals surface area contributed by atoms with E-state index in [4.69, 9.17) is 92.8 Å². The summed E-state index contributed by atoms with van der Waals surface area (Å²) >= 11 is 49.9. The Hall–Kier alpha value is -5.16. The molecule has 0 aliphatic heterocycles. The summed E-state index contributed by atoms with van der Waals surface area (Å²) < 4.78 is 0. The Morgan fingerprint density at radius 3 is 1.11 bits per heavy atom. The average molecular weight is 998 g/mol. The number of nitrogens with zero attached hydrogens (tertiary/aromatic N) is 4. The fourth-order valence-electron chi connectivity index (χ4n) is 5.21. The van der Waals surface area contributed by atoms with Crippen LogP contribution in [0.25, 0.3) is 0 Å². The van der Waals surface area contributed by atoms with Gasteiger partial charge in [-0.25, -0.2) is 0 Å². The molecular formula is C40H26Cl8N8O6. The van der Waals surface area contributed by atoms with Gasteiger partial charge in [-0.3, -0.25) is 28.8 Å². The lowest BCUT2D eigenvalue weighted by Gasteiger charge is -2.15. The maximum Gasteiger partial charge on any atom is 0.258 e. The molecule has 0 heterocycles. The first-order valence-corrected chi connectivity index (χ1v) is 20.4. The molecule has 4 N–H and O–H groups in total. The van der Waals surface area contributed by atoms with Crippen LogP contribution in [0.15, 0.2) is 105 Å². The highest BCUT2D eigenvalue weighted by Gasteiger charge is 2.28. The summed E-state index contributed by atoms with van der Waals surface area (Å²) in [6.07, 6.45) is 0. The summed E-state index contributed by atoms with van der Waals surface area (Å²) in [6.45, 7) is 2.20. The molecule has 0 saturated heterocycles. The molecule has 5 aromatic carbocycles. The summed E-state index contributed by atoms with van der Waals surface area (Å²) in [5.41, 5.74) is 0.352. The van der Waals surface area contributed by atoms with Crippen molar-refractivity contribution >= 4 is 162 Å². The van der Waals surface area contributed by atoms with Crippen LogP contribution in [0.3, 0.4) is 0 Å². The van der Waals surface area contributed by atoms with Crippen LogP contribution in [0.2, 0.25) is 40.2 Å². The van der Waals surface area contributed by atoms with Gasteiger partial charge in [-0.1, -0.05) is 105 Å². The quantitative estimate of drug-likeness (QED) is 0.0630. The minimum Gasteiger partial charge on any atom is -0.322 e. The molecule has 0 aliphatic rings. The van der Waals surface area contributed by atoms with Crippen molar-refractivity contribution in [1.29, 1.82) is 0 Å². The zero-order valence-electron chi connectivity index (χ0n) is 31.5. The van der Waals surface area contributed by atoms with E-state index in [1.54, 1.807) is 0 Å². The zero-order chi connectivity index (χ0) is 45.4. The summed E-state index contributed by atoms with van der Waals surface area (Å²) in [6, 6.07) is 16.6. The Kier molecular flexibility index (Phi) is 16.4. The van der Waals surface area contributed by atoms with Gasteiger partial charge in [0, 0.05) is 31.5 Å². The molecule has 0 bridgehead atoms. The number of nitrogens with one attached hydrogen (secondary N) is 4. The number of Topliss-reactive ketones (excluding diaryl/α,β-unsaturated/α-hetero) is 2. The number of benzene rings is 5. The molecular weight excluding hydrogens is 972 g/mol. The lowest BCUT2D eigenvalue weighted by molar-refractivity contribution is -0.127. The summed E-state index contributed by atoms with van der Waals surface area (Å²) in [4.78, 5) is 77.6. The second-order valence-electron chi connectivity index (χ2n) is 12.7. The molecule has 0 fully saturated rings. The smallest absolute Gasteiger partial charge is 0.258 e. The Bertz CT molecular complexity index is 2490. The Morgan fingerprint density at radius 2 is 0.790 bits per heavy atom. The van der Waals surface area contributed by atoms with Crippen LogP contribution in [0, 0.1) is 0 Å². The summed E-state index contributed by atoms with van der Waals surface area (Å²) in [5, 5.41) is 26.2. The van der Waals surface area contributed by atoms with E-state index in [1.165, 1.54) is 84.9 Å². The summed E-state index contributed by atoms with van der Waals surface area (Å²) in [5.74, 6) is -4.63. The minimum atomic E-state index is -1.71. The highest BCUT2D eigenvalue weighted by atomic mass is 35.5. The second-order valence-corrected chi connectivity index (χ2v) is 16.0. The normalized spacial score (nSPS) is 12.2. The van der Waals surface area contributed by atoms with Crippen molar-refractivity contribution < 1.29 is 28.8 Å². The fraction of sp³-hybridized carbons (Fsp3) is 0.100. The number of hydrogen-bond acceptors (Lipinski definition) is 10. The number of halogens is 8. The molecule has 0 aromatic heterocycles. The average Bonchev–Trinajstić information content (AvgIpc) is 3.18. The van der Waals surface area contributed by atoms with E-state index in [-0.39, 0.29) is 54.0 Å². The van der Waals surface area contributed by atoms with Crippen molar-refractivity contribution in [2.24, 2.45) is 20.5 Å². The lowest BCUT2D eigenvalue weighted by Crippen LogP contribution is -2.32. The van der Waals surface area contributed by atoms with E-state index in [0.717, 1.165) is 13.8 Å². The molecule has 4 amide bonds. The first-order valence-electron chi connectivity index (χ1n) is 17.4. The van der Waals surface area contributed by atoms with Gasteiger partial charge >= 0.3 is 0 Å². The Labute approximate surface area is 392 Å². The van der Waals surface area contributed by atoms with Crippen molar-refractivity contribution in [1.82, 2.24) is 0 Å². The number of azo groups is 2. The van der Waals surface area contributed by atoms with Gasteiger partial charge in [-0.05, 0) is 86.6 Å². The van der Waals surface area contributed by atoms with Gasteiger partial charge in [0.1, 0.15) is 11.4 Å². The topological polar surface area (TPSA) is 200 Å². The number of rotatable bonds is 14. The van der Waals surface area contributed by atoms with E-state index in [0.29, 0.717) is 31.5 Å². The number of carbonyl (C=O) groups is 6. The molecule has 5 aromatic rings. The molecule has 5 rings (SSSR count). The van der Waals surface area contributed by atoms with Crippen LogP contribution < -0.4 is 21.3 Å². The maximum absolute atomic E-state index is 13.3. The van der Waals surface area contributed by atoms with E-state index in [2.05, 4.69) is 41.7 Å². The van der Waals surface area contributed by atoms with Crippen LogP contribution >= 0.6 is 92.8 Å². The van der Waals surface area contributed by atoms with Crippen LogP contribution in [0.1, 0.15) is 34.6 Å². The van der Waals surface area contributed by atoms with Crippen molar-refractivity contribution in [3.05, 3.63) is 136 Å². The predicted octanol–water partition coefficient (Wildman–Crippen LogP) is 12.8. The lowest BCUT2D eigenvalue weighted by atomic mass is 10.1. The molecule has 62 heavy (non-hydrogen) atoms. The molecule has 0 spiro atoms. The molecule has 2 unspecified atom stereocenters. The summed E-state index contributed by atoms with van der Waals surface area (Å²) in [7, 11) is 0. The largest absolute Gasteiger partial charge is 0.322 e. The van der Waals surface area contributed by atoms with Gasteiger partial charge in [0.25, 0.3) is 23.6 Å². The third kappa shape index (κ3) is 12.3. The number of ketones is 2. The molecule has 318 valence electrons. The zero-order valence-corrected chi connectivity index (χ0v) is 37.5. The molecule has 0 saturated carbocycles. The van der Waals surface area contributed by atoms with Crippen LogP contribution in [0.5, 0.6) is 0 Å². The third-order valence-electron chi connectivity index (χ3n) is 8.11. The first kappa shape index (κ1) is 47.9. The van der Waals surface area contributed by atoms with Crippen molar-refractivity contribution in [3.8, 4) is 0 Å². The van der Waals surface area contributed by atoms with Crippen LogP contribution in [0.4, 0.5) is 34.1 Å². The first-order chi connectivity index (χ1) is 29.3. The predicted molar refractivity (Wildman–Crippen MR) is 243 cm³/mol. The van der Waals surface area contributed by atoms with Crippen molar-refractivity contribution in [2.45, 2.75) is 25.9 Å². The second kappa shape index (κ2) is 21.3. The van der Waals surface area contributed by atoms with Crippen molar-refractivity contribution in [2.75, 3.05) is 21.3 Å². The van der Waals surface area contributed by atoms with Gasteiger partial charge in [-0.2, -0.15) is 20.5 Å². The SMILES string of the molecule is CC(=O)C(N=Nc1cccc(C(=O)Nc2cc(Cl)cc(Cl)c2)c1Cl)C(=O)Nc1ccc(NC(=O)C(N=Nc2cccc(C(=O)Nc3cc(Cl)cc(Cl)c3)c2Cl)C(C)=O)c(Cl)c1Cl. The molecule has 22 heteroatoms. The highest BCUT2D eigenvalue weighted by molar-refractivity contribution is 6.46. The number of anilines is 4. The van der Waals surface area contributed by atoms with Gasteiger partial charge in [0.05, 0.1) is 42.6 Å². The molecule has 0 aliphatic carbocycles. The van der Waals surface area contributed by atoms with Crippen LogP contribution in [-0.2, 0) is 19.2 Å². The van der Waals surface area contributed by atoms with E-state index in [9.17, 15) is 28.8 Å². The molecule has 14 nitrogen and oxygen atoms in total. The fourth-order valence-corrected chi connectivity index (χ4v) is 7.19. The third-order valence-corrected chi connectivity index (χ3v) is 10.7. The van der Waals surface area contributed by atoms with Gasteiger partial charge < -0.3 is 21.3 Å². The van der Waals surface area contributed by atoms with Gasteiger partial charge in [0.15, 0.2) is 11.6 Å². The van der Waals surface area contributed by atoms with Gasteiger partial charge in [-0.15, -0.1) is 0 Å². The number of hydrogen-bond donors (Lipinski definition) is 4. The Morgan fingerprint density at radius 1 is 0.452 bits per heavy atom. The maximum atomic E-state index is 13.3. The Balaban J connectivity index is 1.27. The van der Waals surface area contributed by atoms with E-state index in [1.807, 2.05) is 0 Å². The van der Waals surface area contributed by atoms with Crippen LogP contribution in [-0.4, -0.2) is 47.3 Å². The van der Waals surface area contributed by atoms with E-state index >= 15 is 0 Å². The van der Waals surface area contributed by atoms with Crippen molar-refractivity contribution in [3.63, 3.8) is 0 Å². The van der Waals surface area contributed by atoms with E-state index < -0.39 is 47.3 Å². The monoisotopic (exact) mass is 994 g/mol. The molecule has 2 atom stereocenters. The number of carbonyl (C=O) groups excluding carboxylic acids is 6. The standard InChI is InChI=1S/C40H26Cl8N8O6/c1-17(57)35(55-53-29-7-3-5-25(31(29)45)37(59)49-23-13-19(41)11-20(42)14-23)39(61)51-27-9-10-28(34(48)33(27)47)52-40(62)36(18(2)58)56-54-30-8-4-6-26(32(30)46)38(60)50-24-15-21(43)12-22(44)16-24/h3-16,35-36H,1-2H3,(H,49,59)(H,50,60)(H,51,61)(H,52,62). The minimum absolute atomic E-state index is 0.00697. The highest BCUT2D eigenvalue weighted by Crippen LogP contribution is 2.37. The van der Waals surface area contributed by atoms with Gasteiger partial charge in [0.2, 0.25) is 12.1 Å². The number of amides is 4. The molecule has 0 radical (unpaired) electrons.